The topological polar surface area (TPSA) is 61.4 Å². The smallest absolute Gasteiger partial charge is 0.315 e. The lowest BCUT2D eigenvalue weighted by molar-refractivity contribution is 0.117. The lowest BCUT2D eigenvalue weighted by Crippen LogP contribution is -2.50. The Morgan fingerprint density at radius 3 is 2.39 bits per heavy atom. The van der Waals surface area contributed by atoms with Gasteiger partial charge >= 0.3 is 6.03 Å². The van der Waals surface area contributed by atoms with Crippen LogP contribution in [-0.2, 0) is 5.41 Å². The summed E-state index contributed by atoms with van der Waals surface area (Å²) in [6.45, 7) is 0.663. The quantitative estimate of drug-likeness (QED) is 0.789. The molecule has 4 nitrogen and oxygen atoms in total. The van der Waals surface area contributed by atoms with Crippen molar-refractivity contribution in [2.45, 2.75) is 62.5 Å². The van der Waals surface area contributed by atoms with Gasteiger partial charge in [-0.1, -0.05) is 30.2 Å². The minimum atomic E-state index is -0.195. The van der Waals surface area contributed by atoms with Crippen LogP contribution < -0.4 is 10.6 Å². The maximum atomic E-state index is 12.2. The molecule has 0 aromatic heterocycles. The molecule has 0 unspecified atom stereocenters. The van der Waals surface area contributed by atoms with Gasteiger partial charge in [0.25, 0.3) is 0 Å². The molecule has 3 rings (SSSR count). The number of rotatable bonds is 4. The second kappa shape index (κ2) is 7.10. The Bertz CT molecular complexity index is 534. The Kier molecular flexibility index (Phi) is 5.12. The van der Waals surface area contributed by atoms with E-state index in [1.807, 2.05) is 12.1 Å². The summed E-state index contributed by atoms with van der Waals surface area (Å²) in [6, 6.07) is 8.08. The van der Waals surface area contributed by atoms with Gasteiger partial charge in [-0.05, 0) is 56.2 Å². The zero-order valence-corrected chi connectivity index (χ0v) is 14.1. The molecule has 23 heavy (non-hydrogen) atoms. The number of nitrogens with one attached hydrogen (secondary N) is 2. The largest absolute Gasteiger partial charge is 0.393 e. The SMILES string of the molecule is O=C(NCC1(c2ccc(Cl)cc2)CCC1)NC1CCC(O)CC1. The Morgan fingerprint density at radius 2 is 1.83 bits per heavy atom. The van der Waals surface area contributed by atoms with Crippen LogP contribution in [0.3, 0.4) is 0 Å². The monoisotopic (exact) mass is 336 g/mol. The van der Waals surface area contributed by atoms with Crippen LogP contribution in [0, 0.1) is 0 Å². The number of hydrogen-bond donors (Lipinski definition) is 3. The van der Waals surface area contributed by atoms with E-state index in [4.69, 9.17) is 11.6 Å². The van der Waals surface area contributed by atoms with Gasteiger partial charge in [-0.3, -0.25) is 0 Å². The third kappa shape index (κ3) is 3.99. The molecule has 0 heterocycles. The van der Waals surface area contributed by atoms with Crippen molar-refractivity contribution in [3.8, 4) is 0 Å². The van der Waals surface area contributed by atoms with Crippen LogP contribution in [0.25, 0.3) is 0 Å². The highest BCUT2D eigenvalue weighted by Crippen LogP contribution is 2.43. The molecule has 2 aliphatic carbocycles. The van der Waals surface area contributed by atoms with Crippen molar-refractivity contribution in [1.82, 2.24) is 10.6 Å². The molecule has 3 N–H and O–H groups in total. The molecule has 0 aliphatic heterocycles. The third-order valence-electron chi connectivity index (χ3n) is 5.39. The number of benzene rings is 1. The van der Waals surface area contributed by atoms with Gasteiger partial charge < -0.3 is 15.7 Å². The maximum absolute atomic E-state index is 12.2. The van der Waals surface area contributed by atoms with E-state index in [0.29, 0.717) is 6.54 Å². The van der Waals surface area contributed by atoms with E-state index in [2.05, 4.69) is 22.8 Å². The van der Waals surface area contributed by atoms with E-state index in [-0.39, 0.29) is 23.6 Å². The maximum Gasteiger partial charge on any atom is 0.315 e. The van der Waals surface area contributed by atoms with Gasteiger partial charge in [0.1, 0.15) is 0 Å². The summed E-state index contributed by atoms with van der Waals surface area (Å²) in [7, 11) is 0. The number of aliphatic hydroxyl groups excluding tert-OH is 1. The molecule has 0 bridgehead atoms. The fraction of sp³-hybridized carbons (Fsp3) is 0.611. The first kappa shape index (κ1) is 16.6. The minimum Gasteiger partial charge on any atom is -0.393 e. The predicted molar refractivity (Wildman–Crippen MR) is 91.8 cm³/mol. The number of hydrogen-bond acceptors (Lipinski definition) is 2. The molecule has 126 valence electrons. The molecule has 0 atom stereocenters. The third-order valence-corrected chi connectivity index (χ3v) is 5.64. The van der Waals surface area contributed by atoms with Crippen LogP contribution in [-0.4, -0.2) is 29.8 Å². The van der Waals surface area contributed by atoms with E-state index in [9.17, 15) is 9.90 Å². The molecular formula is C18H25ClN2O2. The normalized spacial score (nSPS) is 26.2. The second-order valence-electron chi connectivity index (χ2n) is 6.97. The zero-order valence-electron chi connectivity index (χ0n) is 13.4. The molecular weight excluding hydrogens is 312 g/mol. The first-order chi connectivity index (χ1) is 11.1. The Morgan fingerprint density at radius 1 is 1.17 bits per heavy atom. The van der Waals surface area contributed by atoms with Crippen LogP contribution in [0.15, 0.2) is 24.3 Å². The summed E-state index contributed by atoms with van der Waals surface area (Å²) >= 11 is 5.97. The molecule has 0 saturated heterocycles. The van der Waals surface area contributed by atoms with Crippen molar-refractivity contribution in [2.24, 2.45) is 0 Å². The summed E-state index contributed by atoms with van der Waals surface area (Å²) in [5.74, 6) is 0. The van der Waals surface area contributed by atoms with E-state index in [1.165, 1.54) is 12.0 Å². The molecule has 2 amide bonds. The molecule has 2 saturated carbocycles. The molecule has 2 fully saturated rings. The highest BCUT2D eigenvalue weighted by atomic mass is 35.5. The zero-order chi connectivity index (χ0) is 16.3. The molecule has 1 aromatic carbocycles. The van der Waals surface area contributed by atoms with Gasteiger partial charge in [0.15, 0.2) is 0 Å². The van der Waals surface area contributed by atoms with Crippen molar-refractivity contribution < 1.29 is 9.90 Å². The standard InChI is InChI=1S/C18H25ClN2O2/c19-14-4-2-13(3-5-14)18(10-1-11-18)12-20-17(23)21-15-6-8-16(22)9-7-15/h2-5,15-16,22H,1,6-12H2,(H2,20,21,23). The lowest BCUT2D eigenvalue weighted by Gasteiger charge is -2.42. The summed E-state index contributed by atoms with van der Waals surface area (Å²) in [4.78, 5) is 12.2. The fourth-order valence-corrected chi connectivity index (χ4v) is 3.81. The summed E-state index contributed by atoms with van der Waals surface area (Å²) in [5, 5.41) is 16.4. The van der Waals surface area contributed by atoms with Crippen molar-refractivity contribution in [3.63, 3.8) is 0 Å². The van der Waals surface area contributed by atoms with Gasteiger partial charge in [-0.25, -0.2) is 4.79 Å². The number of aliphatic hydroxyl groups is 1. The van der Waals surface area contributed by atoms with Crippen molar-refractivity contribution in [1.29, 1.82) is 0 Å². The molecule has 0 spiro atoms. The van der Waals surface area contributed by atoms with Crippen LogP contribution in [0.4, 0.5) is 4.79 Å². The first-order valence-corrected chi connectivity index (χ1v) is 8.94. The Labute approximate surface area is 142 Å². The van der Waals surface area contributed by atoms with E-state index < -0.39 is 0 Å². The molecule has 5 heteroatoms. The summed E-state index contributed by atoms with van der Waals surface area (Å²) in [5.41, 5.74) is 1.32. The van der Waals surface area contributed by atoms with E-state index in [1.54, 1.807) is 0 Å². The highest BCUT2D eigenvalue weighted by molar-refractivity contribution is 6.30. The van der Waals surface area contributed by atoms with Crippen LogP contribution in [0.5, 0.6) is 0 Å². The number of amides is 2. The number of carbonyl (C=O) groups is 1. The van der Waals surface area contributed by atoms with Crippen LogP contribution >= 0.6 is 11.6 Å². The van der Waals surface area contributed by atoms with Crippen LogP contribution in [0.2, 0.25) is 5.02 Å². The lowest BCUT2D eigenvalue weighted by atomic mass is 9.64. The number of carbonyl (C=O) groups excluding carboxylic acids is 1. The summed E-state index contributed by atoms with van der Waals surface area (Å²) in [6.07, 6.45) is 6.48. The first-order valence-electron chi connectivity index (χ1n) is 8.56. The number of halogens is 1. The minimum absolute atomic E-state index is 0.0602. The second-order valence-corrected chi connectivity index (χ2v) is 7.41. The highest BCUT2D eigenvalue weighted by Gasteiger charge is 2.38. The molecule has 2 aliphatic rings. The average molecular weight is 337 g/mol. The Balaban J connectivity index is 1.52. The van der Waals surface area contributed by atoms with E-state index in [0.717, 1.165) is 43.5 Å². The summed E-state index contributed by atoms with van der Waals surface area (Å²) < 4.78 is 0. The van der Waals surface area contributed by atoms with Gasteiger partial charge in [-0.15, -0.1) is 0 Å². The van der Waals surface area contributed by atoms with Crippen molar-refractivity contribution >= 4 is 17.6 Å². The predicted octanol–water partition coefficient (Wildman–Crippen LogP) is 3.36. The van der Waals surface area contributed by atoms with Crippen LogP contribution in [0.1, 0.15) is 50.5 Å². The van der Waals surface area contributed by atoms with Crippen molar-refractivity contribution in [3.05, 3.63) is 34.9 Å². The fourth-order valence-electron chi connectivity index (χ4n) is 3.68. The average Bonchev–Trinajstić information content (AvgIpc) is 2.50. The van der Waals surface area contributed by atoms with Gasteiger partial charge in [-0.2, -0.15) is 0 Å². The number of urea groups is 1. The van der Waals surface area contributed by atoms with Gasteiger partial charge in [0.2, 0.25) is 0 Å². The Hall–Kier alpha value is -1.26. The molecule has 0 radical (unpaired) electrons. The van der Waals surface area contributed by atoms with E-state index >= 15 is 0 Å². The molecule has 1 aromatic rings. The van der Waals surface area contributed by atoms with Gasteiger partial charge in [0.05, 0.1) is 6.10 Å². The van der Waals surface area contributed by atoms with Crippen molar-refractivity contribution in [2.75, 3.05) is 6.54 Å². The van der Waals surface area contributed by atoms with Gasteiger partial charge in [0, 0.05) is 23.0 Å².